The summed E-state index contributed by atoms with van der Waals surface area (Å²) in [6.07, 6.45) is 1.79. The highest BCUT2D eigenvalue weighted by Gasteiger charge is 2.37. The Morgan fingerprint density at radius 1 is 1.50 bits per heavy atom. The molecule has 18 heavy (non-hydrogen) atoms. The molecule has 1 aromatic rings. The van der Waals surface area contributed by atoms with E-state index in [0.717, 1.165) is 25.0 Å². The summed E-state index contributed by atoms with van der Waals surface area (Å²) in [5.41, 5.74) is 0.0821. The predicted octanol–water partition coefficient (Wildman–Crippen LogP) is 3.09. The summed E-state index contributed by atoms with van der Waals surface area (Å²) in [6, 6.07) is 1.33. The molecule has 0 bridgehead atoms. The lowest BCUT2D eigenvalue weighted by Crippen LogP contribution is -2.33. The lowest BCUT2D eigenvalue weighted by molar-refractivity contribution is -0.142. The molecule has 1 fully saturated rings. The van der Waals surface area contributed by atoms with Crippen LogP contribution < -0.4 is 5.32 Å². The number of nitrogens with one attached hydrogen (secondary N) is 1. The minimum Gasteiger partial charge on any atom is -0.467 e. The highest BCUT2D eigenvalue weighted by Crippen LogP contribution is 2.36. The number of hydrogen-bond acceptors (Lipinski definition) is 3. The maximum atomic E-state index is 13.6. The number of ether oxygens (including phenoxy) is 1. The van der Waals surface area contributed by atoms with Gasteiger partial charge in [-0.3, -0.25) is 0 Å². The van der Waals surface area contributed by atoms with E-state index in [1.165, 1.54) is 7.11 Å². The van der Waals surface area contributed by atoms with E-state index in [1.807, 2.05) is 0 Å². The third-order valence-electron chi connectivity index (χ3n) is 2.86. The van der Waals surface area contributed by atoms with Crippen LogP contribution in [0.4, 0.5) is 14.5 Å². The molecule has 1 aliphatic rings. The summed E-state index contributed by atoms with van der Waals surface area (Å²) >= 11 is 3.07. The lowest BCUT2D eigenvalue weighted by atomic mass is 10.1. The van der Waals surface area contributed by atoms with Crippen LogP contribution in [0, 0.1) is 17.6 Å². The number of esters is 1. The molecule has 1 aliphatic carbocycles. The largest absolute Gasteiger partial charge is 0.467 e. The van der Waals surface area contributed by atoms with E-state index in [-0.39, 0.29) is 16.1 Å². The van der Waals surface area contributed by atoms with Crippen LogP contribution in [0.5, 0.6) is 0 Å². The van der Waals surface area contributed by atoms with Crippen molar-refractivity contribution in [2.24, 2.45) is 5.92 Å². The number of carbonyl (C=O) groups excluding carboxylic acids is 1. The normalized spacial score (nSPS) is 16.2. The Morgan fingerprint density at radius 2 is 2.17 bits per heavy atom. The third-order valence-corrected chi connectivity index (χ3v) is 3.48. The molecule has 1 atom stereocenters. The van der Waals surface area contributed by atoms with Crippen LogP contribution in [-0.2, 0) is 9.53 Å². The zero-order chi connectivity index (χ0) is 13.3. The Morgan fingerprint density at radius 3 is 2.67 bits per heavy atom. The Bertz CT molecular complexity index is 454. The van der Waals surface area contributed by atoms with Crippen molar-refractivity contribution in [3.8, 4) is 0 Å². The fourth-order valence-corrected chi connectivity index (χ4v) is 2.28. The van der Waals surface area contributed by atoms with Gasteiger partial charge in [0.1, 0.15) is 17.7 Å². The SMILES string of the molecule is COC(=O)C(Nc1c(F)cc(F)cc1Br)C1CC1. The van der Waals surface area contributed by atoms with Crippen molar-refractivity contribution in [1.29, 1.82) is 0 Å². The molecule has 6 heteroatoms. The number of hydrogen-bond donors (Lipinski definition) is 1. The molecule has 3 nitrogen and oxygen atoms in total. The van der Waals surface area contributed by atoms with Crippen LogP contribution in [0.1, 0.15) is 12.8 Å². The summed E-state index contributed by atoms with van der Waals surface area (Å²) in [5.74, 6) is -1.70. The van der Waals surface area contributed by atoms with E-state index in [2.05, 4.69) is 26.0 Å². The molecule has 0 aliphatic heterocycles. The lowest BCUT2D eigenvalue weighted by Gasteiger charge is -2.18. The van der Waals surface area contributed by atoms with Crippen LogP contribution >= 0.6 is 15.9 Å². The minimum atomic E-state index is -0.739. The molecule has 0 amide bonds. The zero-order valence-electron chi connectivity index (χ0n) is 9.67. The first kappa shape index (κ1) is 13.3. The van der Waals surface area contributed by atoms with E-state index in [9.17, 15) is 13.6 Å². The van der Waals surface area contributed by atoms with Gasteiger partial charge in [0.2, 0.25) is 0 Å². The number of carbonyl (C=O) groups is 1. The summed E-state index contributed by atoms with van der Waals surface area (Å²) in [5, 5.41) is 2.79. The fourth-order valence-electron chi connectivity index (χ4n) is 1.76. The monoisotopic (exact) mass is 319 g/mol. The van der Waals surface area contributed by atoms with Crippen LogP contribution in [0.3, 0.4) is 0 Å². The van der Waals surface area contributed by atoms with Crippen LogP contribution in [0.2, 0.25) is 0 Å². The Kier molecular flexibility index (Phi) is 3.85. The molecule has 1 saturated carbocycles. The predicted molar refractivity (Wildman–Crippen MR) is 66.2 cm³/mol. The molecule has 0 aromatic heterocycles. The number of rotatable bonds is 4. The number of methoxy groups -OCH3 is 1. The minimum absolute atomic E-state index is 0.0821. The van der Waals surface area contributed by atoms with E-state index in [1.54, 1.807) is 0 Å². The highest BCUT2D eigenvalue weighted by molar-refractivity contribution is 9.10. The summed E-state index contributed by atoms with van der Waals surface area (Å²) < 4.78 is 31.5. The summed E-state index contributed by atoms with van der Waals surface area (Å²) in [7, 11) is 1.29. The quantitative estimate of drug-likeness (QED) is 0.867. The first-order valence-corrected chi connectivity index (χ1v) is 6.31. The molecule has 0 heterocycles. The van der Waals surface area contributed by atoms with Gasteiger partial charge in [0.25, 0.3) is 0 Å². The Hall–Kier alpha value is -1.17. The third kappa shape index (κ3) is 2.80. The van der Waals surface area contributed by atoms with Crippen molar-refractivity contribution in [3.63, 3.8) is 0 Å². The van der Waals surface area contributed by atoms with Crippen LogP contribution in [-0.4, -0.2) is 19.1 Å². The van der Waals surface area contributed by atoms with Gasteiger partial charge in [0, 0.05) is 10.5 Å². The van der Waals surface area contributed by atoms with Gasteiger partial charge in [-0.15, -0.1) is 0 Å². The van der Waals surface area contributed by atoms with Gasteiger partial charge in [-0.1, -0.05) is 0 Å². The van der Waals surface area contributed by atoms with Crippen molar-refractivity contribution in [3.05, 3.63) is 28.2 Å². The number of anilines is 1. The zero-order valence-corrected chi connectivity index (χ0v) is 11.3. The van der Waals surface area contributed by atoms with Gasteiger partial charge in [-0.25, -0.2) is 13.6 Å². The molecule has 1 unspecified atom stereocenters. The Labute approximate surface area is 112 Å². The van der Waals surface area contributed by atoms with Crippen molar-refractivity contribution < 1.29 is 18.3 Å². The van der Waals surface area contributed by atoms with Crippen molar-refractivity contribution in [2.75, 3.05) is 12.4 Å². The second-order valence-corrected chi connectivity index (χ2v) is 5.08. The molecule has 0 spiro atoms. The fraction of sp³-hybridized carbons (Fsp3) is 0.417. The average molecular weight is 320 g/mol. The topological polar surface area (TPSA) is 38.3 Å². The molecule has 2 rings (SSSR count). The molecular formula is C12H12BrF2NO2. The molecule has 1 aromatic carbocycles. The first-order valence-electron chi connectivity index (χ1n) is 5.52. The molecule has 1 N–H and O–H groups in total. The van der Waals surface area contributed by atoms with E-state index in [0.29, 0.717) is 0 Å². The van der Waals surface area contributed by atoms with E-state index >= 15 is 0 Å². The van der Waals surface area contributed by atoms with E-state index in [4.69, 9.17) is 0 Å². The van der Waals surface area contributed by atoms with Gasteiger partial charge in [0.05, 0.1) is 12.8 Å². The maximum absolute atomic E-state index is 13.6. The molecule has 0 saturated heterocycles. The summed E-state index contributed by atoms with van der Waals surface area (Å²) in [4.78, 5) is 11.6. The smallest absolute Gasteiger partial charge is 0.328 e. The number of benzene rings is 1. The second kappa shape index (κ2) is 5.22. The van der Waals surface area contributed by atoms with Crippen molar-refractivity contribution in [2.45, 2.75) is 18.9 Å². The van der Waals surface area contributed by atoms with E-state index < -0.39 is 23.6 Å². The van der Waals surface area contributed by atoms with Gasteiger partial charge >= 0.3 is 5.97 Å². The van der Waals surface area contributed by atoms with Crippen LogP contribution in [0.15, 0.2) is 16.6 Å². The maximum Gasteiger partial charge on any atom is 0.328 e. The van der Waals surface area contributed by atoms with Crippen molar-refractivity contribution in [1.82, 2.24) is 0 Å². The standard InChI is InChI=1S/C12H12BrF2NO2/c1-18-12(17)10(6-2-3-6)16-11-8(13)4-7(14)5-9(11)15/h4-6,10,16H,2-3H2,1H3. The highest BCUT2D eigenvalue weighted by atomic mass is 79.9. The molecular weight excluding hydrogens is 308 g/mol. The van der Waals surface area contributed by atoms with Crippen LogP contribution in [0.25, 0.3) is 0 Å². The average Bonchev–Trinajstić information content (AvgIpc) is 3.11. The van der Waals surface area contributed by atoms with Gasteiger partial charge < -0.3 is 10.1 Å². The second-order valence-electron chi connectivity index (χ2n) is 4.23. The Balaban J connectivity index is 2.24. The van der Waals surface area contributed by atoms with Gasteiger partial charge in [0.15, 0.2) is 0 Å². The van der Waals surface area contributed by atoms with Gasteiger partial charge in [-0.05, 0) is 40.8 Å². The number of halogens is 3. The van der Waals surface area contributed by atoms with Gasteiger partial charge in [-0.2, -0.15) is 0 Å². The molecule has 0 radical (unpaired) electrons. The van der Waals surface area contributed by atoms with Crippen molar-refractivity contribution >= 4 is 27.6 Å². The summed E-state index contributed by atoms with van der Waals surface area (Å²) in [6.45, 7) is 0. The molecule has 98 valence electrons. The first-order chi connectivity index (χ1) is 8.52.